The van der Waals surface area contributed by atoms with Crippen molar-refractivity contribution >= 4 is 5.97 Å². The number of benzene rings is 2. The van der Waals surface area contributed by atoms with Gasteiger partial charge in [0, 0.05) is 17.5 Å². The zero-order chi connectivity index (χ0) is 19.2. The van der Waals surface area contributed by atoms with Crippen LogP contribution in [0.3, 0.4) is 0 Å². The molecule has 0 aliphatic rings. The Kier molecular flexibility index (Phi) is 6.76. The van der Waals surface area contributed by atoms with Crippen LogP contribution in [0.2, 0.25) is 0 Å². The maximum absolute atomic E-state index is 11.6. The number of aliphatic carboxylic acids is 1. The molecule has 0 bridgehead atoms. The maximum atomic E-state index is 11.6. The minimum atomic E-state index is -0.893. The highest BCUT2D eigenvalue weighted by Crippen LogP contribution is 2.45. The van der Waals surface area contributed by atoms with Gasteiger partial charge in [-0.1, -0.05) is 67.6 Å². The molecule has 0 spiro atoms. The summed E-state index contributed by atoms with van der Waals surface area (Å²) in [7, 11) is 4.13. The second-order valence-electron chi connectivity index (χ2n) is 7.02. The summed E-state index contributed by atoms with van der Waals surface area (Å²) >= 11 is 0. The first-order chi connectivity index (χ1) is 12.4. The third kappa shape index (κ3) is 4.23. The van der Waals surface area contributed by atoms with E-state index in [-0.39, 0.29) is 6.04 Å². The lowest BCUT2D eigenvalue weighted by Gasteiger charge is -2.41. The summed E-state index contributed by atoms with van der Waals surface area (Å²) in [5, 5.41) is 9.53. The second-order valence-corrected chi connectivity index (χ2v) is 7.02. The average molecular weight is 351 g/mol. The van der Waals surface area contributed by atoms with Crippen molar-refractivity contribution in [3.8, 4) is 0 Å². The van der Waals surface area contributed by atoms with Crippen LogP contribution < -0.4 is 0 Å². The van der Waals surface area contributed by atoms with Gasteiger partial charge in [-0.15, -0.1) is 0 Å². The van der Waals surface area contributed by atoms with Crippen LogP contribution in [0, 0.1) is 0 Å². The number of carboxylic acid groups (broad SMARTS) is 1. The molecule has 0 aliphatic heterocycles. The topological polar surface area (TPSA) is 40.5 Å². The lowest BCUT2D eigenvalue weighted by molar-refractivity contribution is -0.131. The average Bonchev–Trinajstić information content (AvgIpc) is 2.65. The fourth-order valence-electron chi connectivity index (χ4n) is 3.65. The van der Waals surface area contributed by atoms with Crippen LogP contribution in [0.15, 0.2) is 72.3 Å². The van der Waals surface area contributed by atoms with Crippen LogP contribution in [0.1, 0.15) is 37.8 Å². The van der Waals surface area contributed by atoms with E-state index in [0.717, 1.165) is 23.1 Å². The van der Waals surface area contributed by atoms with Crippen molar-refractivity contribution in [1.29, 1.82) is 0 Å². The predicted octanol–water partition coefficient (Wildman–Crippen LogP) is 4.73. The molecule has 3 nitrogen and oxygen atoms in total. The fourth-order valence-corrected chi connectivity index (χ4v) is 3.65. The maximum Gasteiger partial charge on any atom is 0.328 e. The van der Waals surface area contributed by atoms with E-state index in [1.165, 1.54) is 6.08 Å². The van der Waals surface area contributed by atoms with Gasteiger partial charge in [0.25, 0.3) is 0 Å². The van der Waals surface area contributed by atoms with E-state index >= 15 is 0 Å². The minimum Gasteiger partial charge on any atom is -0.478 e. The summed E-state index contributed by atoms with van der Waals surface area (Å²) in [5.74, 6) is -0.893. The van der Waals surface area contributed by atoms with Gasteiger partial charge in [-0.05, 0) is 50.6 Å². The molecular formula is C23H29NO2. The van der Waals surface area contributed by atoms with Gasteiger partial charge in [-0.25, -0.2) is 4.79 Å². The molecule has 0 saturated carbocycles. The summed E-state index contributed by atoms with van der Waals surface area (Å²) in [6.45, 7) is 4.23. The van der Waals surface area contributed by atoms with E-state index in [1.807, 2.05) is 43.3 Å². The number of hydrogen-bond acceptors (Lipinski definition) is 2. The van der Waals surface area contributed by atoms with Crippen molar-refractivity contribution in [3.63, 3.8) is 0 Å². The molecule has 0 fully saturated rings. The normalized spacial score (nSPS) is 13.7. The molecule has 0 amide bonds. The molecule has 138 valence electrons. The number of carbonyl (C=O) groups is 1. The molecule has 0 heterocycles. The minimum absolute atomic E-state index is 0.277. The smallest absolute Gasteiger partial charge is 0.328 e. The molecule has 0 radical (unpaired) electrons. The van der Waals surface area contributed by atoms with Gasteiger partial charge in [-0.3, -0.25) is 0 Å². The molecular weight excluding hydrogens is 322 g/mol. The van der Waals surface area contributed by atoms with Gasteiger partial charge in [-0.2, -0.15) is 0 Å². The van der Waals surface area contributed by atoms with E-state index in [0.29, 0.717) is 6.42 Å². The fraction of sp³-hybridized carbons (Fsp3) is 0.348. The Balaban J connectivity index is 2.81. The van der Waals surface area contributed by atoms with E-state index in [4.69, 9.17) is 0 Å². The molecule has 0 aromatic heterocycles. The van der Waals surface area contributed by atoms with E-state index in [1.54, 1.807) is 0 Å². The quantitative estimate of drug-likeness (QED) is 0.699. The van der Waals surface area contributed by atoms with Crippen LogP contribution in [0.4, 0.5) is 0 Å². The Morgan fingerprint density at radius 2 is 1.50 bits per heavy atom. The molecule has 2 aromatic carbocycles. The van der Waals surface area contributed by atoms with Crippen molar-refractivity contribution in [3.05, 3.63) is 83.4 Å². The largest absolute Gasteiger partial charge is 0.478 e. The summed E-state index contributed by atoms with van der Waals surface area (Å²) in [6, 6.07) is 20.8. The zero-order valence-electron chi connectivity index (χ0n) is 16.1. The highest BCUT2D eigenvalue weighted by Gasteiger charge is 2.39. The number of carboxylic acids is 1. The van der Waals surface area contributed by atoms with Crippen LogP contribution in [-0.4, -0.2) is 36.1 Å². The van der Waals surface area contributed by atoms with Gasteiger partial charge in [0.2, 0.25) is 0 Å². The Labute approximate surface area is 157 Å². The van der Waals surface area contributed by atoms with Gasteiger partial charge < -0.3 is 10.0 Å². The summed E-state index contributed by atoms with van der Waals surface area (Å²) in [6.07, 6.45) is 2.89. The monoisotopic (exact) mass is 351 g/mol. The van der Waals surface area contributed by atoms with E-state index in [2.05, 4.69) is 50.2 Å². The zero-order valence-corrected chi connectivity index (χ0v) is 16.1. The van der Waals surface area contributed by atoms with Crippen LogP contribution in [-0.2, 0) is 10.2 Å². The van der Waals surface area contributed by atoms with E-state index < -0.39 is 11.4 Å². The third-order valence-electron chi connectivity index (χ3n) is 5.24. The molecule has 1 atom stereocenters. The van der Waals surface area contributed by atoms with Crippen molar-refractivity contribution in [1.82, 2.24) is 4.90 Å². The molecule has 1 N–H and O–H groups in total. The Hall–Kier alpha value is -2.39. The molecule has 2 aromatic rings. The Morgan fingerprint density at radius 1 is 1.04 bits per heavy atom. The van der Waals surface area contributed by atoms with Crippen molar-refractivity contribution in [2.24, 2.45) is 0 Å². The number of allylic oxidation sites excluding steroid dienone is 1. The molecule has 0 saturated heterocycles. The molecule has 2 rings (SSSR count). The lowest BCUT2D eigenvalue weighted by atomic mass is 9.64. The standard InChI is InChI=1S/C23H29NO2/c1-5-19(16-22(25)26)23(17-18(2)24(3)4,20-12-8-6-9-13-20)21-14-10-7-11-15-21/h6-16,18H,5,17H2,1-4H3,(H,25,26). The van der Waals surface area contributed by atoms with Crippen LogP contribution >= 0.6 is 0 Å². The van der Waals surface area contributed by atoms with Gasteiger partial charge in [0.15, 0.2) is 0 Å². The summed E-state index contributed by atoms with van der Waals surface area (Å²) in [4.78, 5) is 13.8. The second kappa shape index (κ2) is 8.81. The SMILES string of the molecule is CCC(=CC(=O)O)C(CC(C)N(C)C)(c1ccccc1)c1ccccc1. The van der Waals surface area contributed by atoms with Crippen molar-refractivity contribution < 1.29 is 9.90 Å². The number of hydrogen-bond donors (Lipinski definition) is 1. The Morgan fingerprint density at radius 3 is 1.85 bits per heavy atom. The molecule has 1 unspecified atom stereocenters. The van der Waals surface area contributed by atoms with Gasteiger partial charge in [0.05, 0.1) is 0 Å². The van der Waals surface area contributed by atoms with Gasteiger partial charge >= 0.3 is 5.97 Å². The Bertz CT molecular complexity index is 696. The number of nitrogens with zero attached hydrogens (tertiary/aromatic N) is 1. The van der Waals surface area contributed by atoms with Gasteiger partial charge in [0.1, 0.15) is 0 Å². The molecule has 26 heavy (non-hydrogen) atoms. The van der Waals surface area contributed by atoms with Crippen LogP contribution in [0.5, 0.6) is 0 Å². The lowest BCUT2D eigenvalue weighted by Crippen LogP contribution is -2.39. The van der Waals surface area contributed by atoms with Crippen molar-refractivity contribution in [2.45, 2.75) is 38.1 Å². The predicted molar refractivity (Wildman–Crippen MR) is 107 cm³/mol. The van der Waals surface area contributed by atoms with E-state index in [9.17, 15) is 9.90 Å². The summed E-state index contributed by atoms with van der Waals surface area (Å²) in [5.41, 5.74) is 2.72. The number of rotatable bonds is 8. The van der Waals surface area contributed by atoms with Crippen LogP contribution in [0.25, 0.3) is 0 Å². The summed E-state index contributed by atoms with van der Waals surface area (Å²) < 4.78 is 0. The third-order valence-corrected chi connectivity index (χ3v) is 5.24. The molecule has 3 heteroatoms. The first-order valence-corrected chi connectivity index (χ1v) is 9.13. The highest BCUT2D eigenvalue weighted by atomic mass is 16.4. The van der Waals surface area contributed by atoms with Crippen molar-refractivity contribution in [2.75, 3.05) is 14.1 Å². The molecule has 0 aliphatic carbocycles. The first kappa shape index (κ1) is 19.9. The first-order valence-electron chi connectivity index (χ1n) is 9.13. The highest BCUT2D eigenvalue weighted by molar-refractivity contribution is 5.81.